The quantitative estimate of drug-likeness (QED) is 0.281. The van der Waals surface area contributed by atoms with Crippen molar-refractivity contribution in [3.63, 3.8) is 0 Å². The van der Waals surface area contributed by atoms with Crippen molar-refractivity contribution in [3.8, 4) is 0 Å². The van der Waals surface area contributed by atoms with E-state index in [0.29, 0.717) is 11.6 Å². The molecule has 32 heavy (non-hydrogen) atoms. The Morgan fingerprint density at radius 2 is 1.66 bits per heavy atom. The molecule has 0 radical (unpaired) electrons. The predicted molar refractivity (Wildman–Crippen MR) is 125 cm³/mol. The number of rotatable bonds is 9. The Hall–Kier alpha value is -3.43. The van der Waals surface area contributed by atoms with Crippen molar-refractivity contribution in [2.24, 2.45) is 0 Å². The molecule has 0 fully saturated rings. The fraction of sp³-hybridized carbons (Fsp3) is 0.130. The van der Waals surface area contributed by atoms with Crippen LogP contribution in [0.25, 0.3) is 0 Å². The zero-order chi connectivity index (χ0) is 22.2. The van der Waals surface area contributed by atoms with Crippen molar-refractivity contribution in [3.05, 3.63) is 95.9 Å². The first-order chi connectivity index (χ1) is 15.7. The molecule has 2 N–H and O–H groups in total. The number of hydrogen-bond donors (Lipinski definition) is 2. The third-order valence-corrected chi connectivity index (χ3v) is 6.53. The highest BCUT2D eigenvalue weighted by atomic mass is 32.2. The summed E-state index contributed by atoms with van der Waals surface area (Å²) in [4.78, 5) is 25.5. The van der Waals surface area contributed by atoms with E-state index < -0.39 is 11.9 Å². The summed E-state index contributed by atoms with van der Waals surface area (Å²) in [6.07, 6.45) is 1.74. The van der Waals surface area contributed by atoms with Crippen molar-refractivity contribution in [2.75, 3.05) is 5.32 Å². The predicted octanol–water partition coefficient (Wildman–Crippen LogP) is 4.40. The van der Waals surface area contributed by atoms with Gasteiger partial charge in [-0.3, -0.25) is 14.9 Å². The lowest BCUT2D eigenvalue weighted by Gasteiger charge is -2.17. The molecular weight excluding hydrogens is 444 g/mol. The standard InChI is InChI=1S/C23H20N4O3S2/c28-20(25-22-26-27-23(32-22)31-15-17-10-5-2-6-11-17)18(14-16-8-3-1-4-9-16)24-21(29)19-12-7-13-30-19/h1-13,18H,14-15H2,(H,24,29)(H,25,26,28). The van der Waals surface area contributed by atoms with Crippen LogP contribution in [-0.2, 0) is 17.0 Å². The molecule has 0 aliphatic heterocycles. The maximum absolute atomic E-state index is 13.0. The van der Waals surface area contributed by atoms with Crippen LogP contribution < -0.4 is 10.6 Å². The fourth-order valence-corrected chi connectivity index (χ4v) is 4.64. The third-order valence-electron chi connectivity index (χ3n) is 4.49. The van der Waals surface area contributed by atoms with Gasteiger partial charge >= 0.3 is 0 Å². The van der Waals surface area contributed by atoms with Crippen LogP contribution in [0.5, 0.6) is 0 Å². The molecule has 2 amide bonds. The van der Waals surface area contributed by atoms with Gasteiger partial charge in [0, 0.05) is 12.2 Å². The van der Waals surface area contributed by atoms with Gasteiger partial charge in [0.2, 0.25) is 11.0 Å². The number of amides is 2. The summed E-state index contributed by atoms with van der Waals surface area (Å²) in [5.41, 5.74) is 2.10. The first kappa shape index (κ1) is 21.8. The van der Waals surface area contributed by atoms with Crippen LogP contribution in [-0.4, -0.2) is 28.1 Å². The van der Waals surface area contributed by atoms with Gasteiger partial charge < -0.3 is 9.73 Å². The van der Waals surface area contributed by atoms with Gasteiger partial charge in [-0.15, -0.1) is 10.2 Å². The van der Waals surface area contributed by atoms with Gasteiger partial charge in [0.25, 0.3) is 5.91 Å². The van der Waals surface area contributed by atoms with Gasteiger partial charge in [-0.2, -0.15) is 0 Å². The van der Waals surface area contributed by atoms with Gasteiger partial charge in [0.15, 0.2) is 10.1 Å². The Kier molecular flexibility index (Phi) is 7.31. The second kappa shape index (κ2) is 10.7. The van der Waals surface area contributed by atoms with Crippen LogP contribution >= 0.6 is 23.1 Å². The van der Waals surface area contributed by atoms with E-state index in [1.807, 2.05) is 60.7 Å². The maximum atomic E-state index is 13.0. The summed E-state index contributed by atoms with van der Waals surface area (Å²) in [5, 5.41) is 14.1. The SMILES string of the molecule is O=C(NC(Cc1ccccc1)C(=O)Nc1nnc(SCc2ccccc2)s1)c1ccco1. The number of furan rings is 1. The van der Waals surface area contributed by atoms with Crippen LogP contribution in [0.15, 0.2) is 87.8 Å². The topological polar surface area (TPSA) is 97.1 Å². The molecule has 1 atom stereocenters. The average Bonchev–Trinajstić information content (AvgIpc) is 3.51. The molecule has 0 aliphatic rings. The highest BCUT2D eigenvalue weighted by Crippen LogP contribution is 2.28. The van der Waals surface area contributed by atoms with E-state index in [2.05, 4.69) is 20.8 Å². The normalized spacial score (nSPS) is 11.6. The number of thioether (sulfide) groups is 1. The first-order valence-corrected chi connectivity index (χ1v) is 11.7. The van der Waals surface area contributed by atoms with Gasteiger partial charge in [0.1, 0.15) is 6.04 Å². The third kappa shape index (κ3) is 6.05. The summed E-state index contributed by atoms with van der Waals surface area (Å²) in [6, 6.07) is 21.9. The number of aromatic nitrogens is 2. The number of hydrogen-bond acceptors (Lipinski definition) is 7. The molecule has 9 heteroatoms. The molecule has 0 saturated heterocycles. The van der Waals surface area contributed by atoms with Crippen LogP contribution in [0, 0.1) is 0 Å². The highest BCUT2D eigenvalue weighted by Gasteiger charge is 2.24. The molecule has 2 aromatic carbocycles. The average molecular weight is 465 g/mol. The van der Waals surface area contributed by atoms with E-state index in [4.69, 9.17) is 4.42 Å². The fourth-order valence-electron chi connectivity index (χ4n) is 2.93. The monoisotopic (exact) mass is 464 g/mol. The number of nitrogens with one attached hydrogen (secondary N) is 2. The van der Waals surface area contributed by atoms with Crippen molar-refractivity contribution in [1.82, 2.24) is 15.5 Å². The molecule has 0 spiro atoms. The van der Waals surface area contributed by atoms with E-state index in [1.165, 1.54) is 23.2 Å². The smallest absolute Gasteiger partial charge is 0.287 e. The molecule has 1 unspecified atom stereocenters. The first-order valence-electron chi connectivity index (χ1n) is 9.87. The second-order valence-corrected chi connectivity index (χ2v) is 9.03. The summed E-state index contributed by atoms with van der Waals surface area (Å²) in [5.74, 6) is 0.0811. The van der Waals surface area contributed by atoms with Gasteiger partial charge in [-0.05, 0) is 23.3 Å². The molecular formula is C23H20N4O3S2. The van der Waals surface area contributed by atoms with Crippen molar-refractivity contribution in [1.29, 1.82) is 0 Å². The zero-order valence-corrected chi connectivity index (χ0v) is 18.6. The van der Waals surface area contributed by atoms with Gasteiger partial charge in [-0.25, -0.2) is 0 Å². The van der Waals surface area contributed by atoms with Crippen LogP contribution in [0.4, 0.5) is 5.13 Å². The van der Waals surface area contributed by atoms with Crippen molar-refractivity contribution >= 4 is 40.0 Å². The minimum atomic E-state index is -0.806. The highest BCUT2D eigenvalue weighted by molar-refractivity contribution is 8.00. The number of carbonyl (C=O) groups is 2. The summed E-state index contributed by atoms with van der Waals surface area (Å²) in [7, 11) is 0. The molecule has 2 heterocycles. The minimum absolute atomic E-state index is 0.145. The Morgan fingerprint density at radius 3 is 2.34 bits per heavy atom. The van der Waals surface area contributed by atoms with E-state index in [9.17, 15) is 9.59 Å². The number of benzene rings is 2. The van der Waals surface area contributed by atoms with Crippen LogP contribution in [0.2, 0.25) is 0 Å². The number of nitrogens with zero attached hydrogens (tertiary/aromatic N) is 2. The molecule has 2 aromatic heterocycles. The molecule has 4 aromatic rings. The molecule has 7 nitrogen and oxygen atoms in total. The lowest BCUT2D eigenvalue weighted by atomic mass is 10.1. The molecule has 162 valence electrons. The summed E-state index contributed by atoms with van der Waals surface area (Å²) in [6.45, 7) is 0. The molecule has 0 saturated carbocycles. The van der Waals surface area contributed by atoms with Crippen molar-refractivity contribution in [2.45, 2.75) is 22.6 Å². The Labute approximate surface area is 193 Å². The minimum Gasteiger partial charge on any atom is -0.459 e. The zero-order valence-electron chi connectivity index (χ0n) is 16.9. The largest absolute Gasteiger partial charge is 0.459 e. The summed E-state index contributed by atoms with van der Waals surface area (Å²) >= 11 is 2.85. The molecule has 0 bridgehead atoms. The lowest BCUT2D eigenvalue weighted by molar-refractivity contribution is -0.118. The number of carbonyl (C=O) groups excluding carboxylic acids is 2. The Balaban J connectivity index is 1.41. The summed E-state index contributed by atoms with van der Waals surface area (Å²) < 4.78 is 5.90. The lowest BCUT2D eigenvalue weighted by Crippen LogP contribution is -2.45. The number of anilines is 1. The van der Waals surface area contributed by atoms with Crippen LogP contribution in [0.1, 0.15) is 21.7 Å². The Morgan fingerprint density at radius 1 is 0.938 bits per heavy atom. The Bertz CT molecular complexity index is 1150. The second-order valence-electron chi connectivity index (χ2n) is 6.83. The van der Waals surface area contributed by atoms with Crippen LogP contribution in [0.3, 0.4) is 0 Å². The van der Waals surface area contributed by atoms with Gasteiger partial charge in [-0.1, -0.05) is 83.8 Å². The van der Waals surface area contributed by atoms with E-state index >= 15 is 0 Å². The van der Waals surface area contributed by atoms with E-state index in [-0.39, 0.29) is 11.7 Å². The van der Waals surface area contributed by atoms with Crippen molar-refractivity contribution < 1.29 is 14.0 Å². The van der Waals surface area contributed by atoms with E-state index in [0.717, 1.165) is 15.7 Å². The maximum Gasteiger partial charge on any atom is 0.287 e. The van der Waals surface area contributed by atoms with E-state index in [1.54, 1.807) is 23.9 Å². The van der Waals surface area contributed by atoms with Gasteiger partial charge in [0.05, 0.1) is 6.26 Å². The molecule has 4 rings (SSSR count). The molecule has 0 aliphatic carbocycles.